The van der Waals surface area contributed by atoms with Crippen LogP contribution in [0.2, 0.25) is 0 Å². The van der Waals surface area contributed by atoms with E-state index in [4.69, 9.17) is 16.9 Å². The van der Waals surface area contributed by atoms with Gasteiger partial charge in [-0.3, -0.25) is 0 Å². The topological polar surface area (TPSA) is 44.0 Å². The molecule has 11 heavy (non-hydrogen) atoms. The molecular weight excluding hydrogens is 164 g/mol. The van der Waals surface area contributed by atoms with Crippen molar-refractivity contribution in [3.8, 4) is 6.07 Å². The Balaban J connectivity index is 4.04. The molecule has 0 amide bonds. The third-order valence-corrected chi connectivity index (χ3v) is 2.23. The van der Waals surface area contributed by atoms with Crippen molar-refractivity contribution in [3.63, 3.8) is 0 Å². The van der Waals surface area contributed by atoms with Gasteiger partial charge >= 0.3 is 0 Å². The Morgan fingerprint density at radius 2 is 2.00 bits per heavy atom. The maximum atomic E-state index is 9.28. The fourth-order valence-corrected chi connectivity index (χ4v) is 0.796. The summed E-state index contributed by atoms with van der Waals surface area (Å²) in [5, 5.41) is 17.6. The van der Waals surface area contributed by atoms with E-state index in [-0.39, 0.29) is 6.42 Å². The second-order valence-electron chi connectivity index (χ2n) is 3.42. The van der Waals surface area contributed by atoms with Gasteiger partial charge in [-0.25, -0.2) is 0 Å². The Morgan fingerprint density at radius 1 is 1.55 bits per heavy atom. The number of alkyl halides is 1. The second-order valence-corrected chi connectivity index (χ2v) is 3.87. The van der Waals surface area contributed by atoms with Crippen LogP contribution in [0.1, 0.15) is 6.42 Å². The van der Waals surface area contributed by atoms with Crippen LogP contribution in [0.15, 0.2) is 0 Å². The standard InChI is InChI=1S/C7H14ClN2O/c1-10(2,3)7(8)6(11)4-5-9/h6-7,11H,4H2,1-3H3/q+1. The molecule has 0 bridgehead atoms. The Labute approximate surface area is 72.4 Å². The van der Waals surface area contributed by atoms with Crippen LogP contribution in [0.5, 0.6) is 0 Å². The molecule has 0 aliphatic carbocycles. The molecular formula is C7H14ClN2O+. The fourth-order valence-electron chi connectivity index (χ4n) is 0.707. The highest BCUT2D eigenvalue weighted by molar-refractivity contribution is 6.20. The van der Waals surface area contributed by atoms with E-state index in [9.17, 15) is 5.11 Å². The first-order chi connectivity index (χ1) is 4.89. The maximum Gasteiger partial charge on any atom is 0.191 e. The van der Waals surface area contributed by atoms with Crippen LogP contribution in [0.3, 0.4) is 0 Å². The number of quaternary nitrogens is 1. The molecule has 1 N–H and O–H groups in total. The summed E-state index contributed by atoms with van der Waals surface area (Å²) in [7, 11) is 5.62. The molecule has 0 heterocycles. The Hall–Kier alpha value is -0.300. The first-order valence-corrected chi connectivity index (χ1v) is 3.83. The summed E-state index contributed by atoms with van der Waals surface area (Å²) in [6.07, 6.45) is -0.661. The zero-order valence-corrected chi connectivity index (χ0v) is 7.84. The molecule has 0 aromatic carbocycles. The maximum absolute atomic E-state index is 9.28. The lowest BCUT2D eigenvalue weighted by atomic mass is 10.2. The van der Waals surface area contributed by atoms with Crippen molar-refractivity contribution in [2.45, 2.75) is 18.0 Å². The van der Waals surface area contributed by atoms with E-state index in [1.165, 1.54) is 0 Å². The largest absolute Gasteiger partial charge is 0.384 e. The van der Waals surface area contributed by atoms with Gasteiger partial charge in [0.2, 0.25) is 0 Å². The number of likely N-dealkylation sites (N-methyl/N-ethyl adjacent to an activating group) is 1. The first kappa shape index (κ1) is 10.7. The van der Waals surface area contributed by atoms with Gasteiger partial charge in [-0.1, -0.05) is 11.6 Å². The zero-order valence-electron chi connectivity index (χ0n) is 7.08. The smallest absolute Gasteiger partial charge is 0.191 e. The Morgan fingerprint density at radius 3 is 2.27 bits per heavy atom. The molecule has 0 spiro atoms. The lowest BCUT2D eigenvalue weighted by molar-refractivity contribution is -0.886. The molecule has 0 aliphatic heterocycles. The first-order valence-electron chi connectivity index (χ1n) is 3.39. The third-order valence-electron chi connectivity index (χ3n) is 1.36. The van der Waals surface area contributed by atoms with Crippen LogP contribution in [-0.4, -0.2) is 42.3 Å². The second kappa shape index (κ2) is 3.91. The highest BCUT2D eigenvalue weighted by Crippen LogP contribution is 2.14. The quantitative estimate of drug-likeness (QED) is 0.388. The number of rotatable bonds is 3. The highest BCUT2D eigenvalue weighted by Gasteiger charge is 2.28. The van der Waals surface area contributed by atoms with Gasteiger partial charge < -0.3 is 9.59 Å². The molecule has 64 valence electrons. The van der Waals surface area contributed by atoms with Gasteiger partial charge in [-0.2, -0.15) is 5.26 Å². The minimum atomic E-state index is -0.748. The molecule has 0 aromatic rings. The van der Waals surface area contributed by atoms with Crippen molar-refractivity contribution >= 4 is 11.6 Å². The summed E-state index contributed by atoms with van der Waals surface area (Å²) in [6.45, 7) is 0. The average molecular weight is 178 g/mol. The van der Waals surface area contributed by atoms with Crippen molar-refractivity contribution in [1.29, 1.82) is 5.26 Å². The molecule has 0 saturated carbocycles. The summed E-state index contributed by atoms with van der Waals surface area (Å²) < 4.78 is 0.449. The van der Waals surface area contributed by atoms with Crippen molar-refractivity contribution in [1.82, 2.24) is 0 Å². The fraction of sp³-hybridized carbons (Fsp3) is 0.857. The van der Waals surface area contributed by atoms with Crippen LogP contribution in [0, 0.1) is 11.3 Å². The molecule has 0 radical (unpaired) electrons. The van der Waals surface area contributed by atoms with Gasteiger partial charge in [0.25, 0.3) is 0 Å². The summed E-state index contributed by atoms with van der Waals surface area (Å²) in [5.41, 5.74) is -0.422. The number of aliphatic hydroxyl groups is 1. The van der Waals surface area contributed by atoms with E-state index >= 15 is 0 Å². The van der Waals surface area contributed by atoms with Crippen LogP contribution in [0.25, 0.3) is 0 Å². The lowest BCUT2D eigenvalue weighted by Crippen LogP contribution is -2.48. The van der Waals surface area contributed by atoms with Gasteiger partial charge in [-0.05, 0) is 0 Å². The van der Waals surface area contributed by atoms with Gasteiger partial charge in [0, 0.05) is 0 Å². The summed E-state index contributed by atoms with van der Waals surface area (Å²) >= 11 is 5.86. The number of aliphatic hydroxyl groups excluding tert-OH is 1. The predicted octanol–water partition coefficient (Wildman–Crippen LogP) is 0.532. The van der Waals surface area contributed by atoms with E-state index < -0.39 is 11.6 Å². The molecule has 4 heteroatoms. The molecule has 0 saturated heterocycles. The van der Waals surface area contributed by atoms with Crippen LogP contribution < -0.4 is 0 Å². The van der Waals surface area contributed by atoms with Gasteiger partial charge in [0.05, 0.1) is 33.6 Å². The highest BCUT2D eigenvalue weighted by atomic mass is 35.5. The van der Waals surface area contributed by atoms with Gasteiger partial charge in [-0.15, -0.1) is 0 Å². The van der Waals surface area contributed by atoms with Crippen LogP contribution in [0.4, 0.5) is 0 Å². The molecule has 0 aliphatic rings. The lowest BCUT2D eigenvalue weighted by Gasteiger charge is -2.31. The molecule has 2 unspecified atom stereocenters. The van der Waals surface area contributed by atoms with Crippen molar-refractivity contribution in [2.75, 3.05) is 21.1 Å². The third kappa shape index (κ3) is 3.57. The summed E-state index contributed by atoms with van der Waals surface area (Å²) in [5.74, 6) is 0. The monoisotopic (exact) mass is 177 g/mol. The average Bonchev–Trinajstić information content (AvgIpc) is 1.85. The van der Waals surface area contributed by atoms with E-state index in [1.807, 2.05) is 27.2 Å². The number of hydrogen-bond donors (Lipinski definition) is 1. The van der Waals surface area contributed by atoms with Crippen molar-refractivity contribution in [2.24, 2.45) is 0 Å². The van der Waals surface area contributed by atoms with Crippen LogP contribution in [-0.2, 0) is 0 Å². The summed E-state index contributed by atoms with van der Waals surface area (Å²) in [4.78, 5) is 0. The van der Waals surface area contributed by atoms with Crippen molar-refractivity contribution < 1.29 is 9.59 Å². The molecule has 3 nitrogen and oxygen atoms in total. The van der Waals surface area contributed by atoms with E-state index in [0.29, 0.717) is 4.48 Å². The van der Waals surface area contributed by atoms with Crippen molar-refractivity contribution in [3.05, 3.63) is 0 Å². The van der Waals surface area contributed by atoms with E-state index in [2.05, 4.69) is 0 Å². The molecule has 0 fully saturated rings. The zero-order chi connectivity index (χ0) is 9.07. The predicted molar refractivity (Wildman–Crippen MR) is 43.9 cm³/mol. The number of halogens is 1. The Bertz CT molecular complexity index is 159. The summed E-state index contributed by atoms with van der Waals surface area (Å²) in [6, 6.07) is 1.88. The normalized spacial score (nSPS) is 17.1. The Kier molecular flexibility index (Phi) is 3.81. The molecule has 2 atom stereocenters. The minimum absolute atomic E-state index is 0.0870. The molecule has 0 aromatic heterocycles. The van der Waals surface area contributed by atoms with Gasteiger partial charge in [0.1, 0.15) is 6.10 Å². The van der Waals surface area contributed by atoms with Crippen LogP contribution >= 0.6 is 11.6 Å². The number of nitriles is 1. The van der Waals surface area contributed by atoms with E-state index in [1.54, 1.807) is 0 Å². The van der Waals surface area contributed by atoms with E-state index in [0.717, 1.165) is 0 Å². The molecule has 0 rings (SSSR count). The SMILES string of the molecule is C[N+](C)(C)C(Cl)C(O)CC#N. The minimum Gasteiger partial charge on any atom is -0.384 e. The van der Waals surface area contributed by atoms with Gasteiger partial charge in [0.15, 0.2) is 5.50 Å². The number of hydrogen-bond acceptors (Lipinski definition) is 2. The number of nitrogens with zero attached hydrogens (tertiary/aromatic N) is 2.